The number of carbonyl (C=O) groups is 2. The summed E-state index contributed by atoms with van der Waals surface area (Å²) < 4.78 is 51.3. The first-order chi connectivity index (χ1) is 18.6. The second-order valence-corrected chi connectivity index (χ2v) is 9.74. The lowest BCUT2D eigenvalue weighted by molar-refractivity contribution is -0.159. The molecule has 2 aromatic carbocycles. The van der Waals surface area contributed by atoms with Crippen LogP contribution in [-0.2, 0) is 20.9 Å². The van der Waals surface area contributed by atoms with Gasteiger partial charge < -0.3 is 19.7 Å². The molecule has 2 amide bonds. The molecule has 1 fully saturated rings. The zero-order chi connectivity index (χ0) is 28.2. The summed E-state index contributed by atoms with van der Waals surface area (Å²) in [7, 11) is 0. The van der Waals surface area contributed by atoms with Gasteiger partial charge in [0.25, 0.3) is 5.91 Å². The van der Waals surface area contributed by atoms with E-state index in [1.54, 1.807) is 43.5 Å². The number of hydrogen-bond donors (Lipinski definition) is 1. The van der Waals surface area contributed by atoms with Crippen LogP contribution in [0.25, 0.3) is 11.1 Å². The average molecular weight is 542 g/mol. The van der Waals surface area contributed by atoms with Crippen molar-refractivity contribution in [2.24, 2.45) is 0 Å². The molecule has 0 radical (unpaired) electrons. The molecule has 0 saturated carbocycles. The Morgan fingerprint density at radius 3 is 2.31 bits per heavy atom. The predicted octanol–water partition coefficient (Wildman–Crippen LogP) is 5.98. The number of pyridine rings is 1. The van der Waals surface area contributed by atoms with Gasteiger partial charge in [-0.05, 0) is 43.5 Å². The highest BCUT2D eigenvalue weighted by Crippen LogP contribution is 2.42. The molecule has 0 aliphatic carbocycles. The Morgan fingerprint density at radius 2 is 1.72 bits per heavy atom. The summed E-state index contributed by atoms with van der Waals surface area (Å²) in [5, 5.41) is 2.76. The van der Waals surface area contributed by atoms with Crippen LogP contribution in [0, 0.1) is 0 Å². The zero-order valence-corrected chi connectivity index (χ0v) is 21.8. The molecule has 1 aliphatic heterocycles. The van der Waals surface area contributed by atoms with Crippen molar-refractivity contribution in [1.82, 2.24) is 15.2 Å². The van der Waals surface area contributed by atoms with Gasteiger partial charge in [0, 0.05) is 11.8 Å². The second-order valence-electron chi connectivity index (χ2n) is 9.74. The monoisotopic (exact) mass is 541 g/mol. The Bertz CT molecular complexity index is 1270. The van der Waals surface area contributed by atoms with Gasteiger partial charge in [-0.3, -0.25) is 9.78 Å². The highest BCUT2D eigenvalue weighted by atomic mass is 19.3. The first-order valence-electron chi connectivity index (χ1n) is 12.5. The molecule has 10 heteroatoms. The summed E-state index contributed by atoms with van der Waals surface area (Å²) in [6, 6.07) is 18.5. The fourth-order valence-corrected chi connectivity index (χ4v) is 4.67. The van der Waals surface area contributed by atoms with Gasteiger partial charge in [0.1, 0.15) is 25.1 Å². The molecule has 1 N–H and O–H groups in total. The van der Waals surface area contributed by atoms with Crippen LogP contribution in [0.4, 0.5) is 18.0 Å². The number of nitrogens with one attached hydrogen (secondary N) is 1. The highest BCUT2D eigenvalue weighted by molar-refractivity contribution is 5.80. The SMILES string of the molecule is CC(NC(=O)OCc1ccccc1)c1ccc(-c2ccc([C@H]3OC(C)(C)N(C(=O)C(F)F)[C@@H]3CF)cc2)cn1. The van der Waals surface area contributed by atoms with Crippen molar-refractivity contribution in [3.05, 3.63) is 89.7 Å². The van der Waals surface area contributed by atoms with Crippen molar-refractivity contribution in [2.75, 3.05) is 6.67 Å². The minimum absolute atomic E-state index is 0.164. The molecule has 3 atom stereocenters. The number of ether oxygens (including phenoxy) is 2. The molecule has 0 spiro atoms. The maximum absolute atomic E-state index is 13.9. The third-order valence-corrected chi connectivity index (χ3v) is 6.61. The number of nitrogens with zero attached hydrogens (tertiary/aromatic N) is 2. The summed E-state index contributed by atoms with van der Waals surface area (Å²) in [4.78, 5) is 29.5. The van der Waals surface area contributed by atoms with Crippen molar-refractivity contribution < 1.29 is 32.2 Å². The van der Waals surface area contributed by atoms with Crippen molar-refractivity contribution >= 4 is 12.0 Å². The lowest BCUT2D eigenvalue weighted by Gasteiger charge is -2.32. The summed E-state index contributed by atoms with van der Waals surface area (Å²) in [5.41, 5.74) is 2.32. The number of alkyl halides is 3. The zero-order valence-electron chi connectivity index (χ0n) is 21.8. The van der Waals surface area contributed by atoms with Gasteiger partial charge in [0.2, 0.25) is 0 Å². The van der Waals surface area contributed by atoms with E-state index in [0.29, 0.717) is 11.3 Å². The van der Waals surface area contributed by atoms with Crippen molar-refractivity contribution in [3.63, 3.8) is 0 Å². The fourth-order valence-electron chi connectivity index (χ4n) is 4.67. The fraction of sp³-hybridized carbons (Fsp3) is 0.345. The van der Waals surface area contributed by atoms with E-state index in [2.05, 4.69) is 10.3 Å². The van der Waals surface area contributed by atoms with Crippen LogP contribution in [0.1, 0.15) is 49.7 Å². The third-order valence-electron chi connectivity index (χ3n) is 6.61. The van der Waals surface area contributed by atoms with E-state index in [0.717, 1.165) is 21.6 Å². The molecule has 4 rings (SSSR count). The van der Waals surface area contributed by atoms with Gasteiger partial charge in [-0.1, -0.05) is 60.7 Å². The number of amides is 2. The summed E-state index contributed by atoms with van der Waals surface area (Å²) in [6.07, 6.45) is -3.03. The van der Waals surface area contributed by atoms with Crippen molar-refractivity contribution in [2.45, 2.75) is 57.7 Å². The van der Waals surface area contributed by atoms with Crippen LogP contribution in [0.2, 0.25) is 0 Å². The second kappa shape index (κ2) is 11.9. The summed E-state index contributed by atoms with van der Waals surface area (Å²) >= 11 is 0. The average Bonchev–Trinajstić information content (AvgIpc) is 3.22. The van der Waals surface area contributed by atoms with E-state index >= 15 is 0 Å². The molecule has 1 saturated heterocycles. The van der Waals surface area contributed by atoms with E-state index < -0.39 is 43.0 Å². The number of benzene rings is 2. The van der Waals surface area contributed by atoms with Crippen molar-refractivity contribution in [3.8, 4) is 11.1 Å². The predicted molar refractivity (Wildman–Crippen MR) is 138 cm³/mol. The Kier molecular flexibility index (Phi) is 8.54. The van der Waals surface area contributed by atoms with Crippen LogP contribution in [0.5, 0.6) is 0 Å². The lowest BCUT2D eigenvalue weighted by atomic mass is 9.99. The van der Waals surface area contributed by atoms with E-state index in [4.69, 9.17) is 9.47 Å². The minimum Gasteiger partial charge on any atom is -0.445 e. The lowest BCUT2D eigenvalue weighted by Crippen LogP contribution is -2.51. The molecule has 1 aromatic heterocycles. The van der Waals surface area contributed by atoms with Crippen molar-refractivity contribution in [1.29, 1.82) is 0 Å². The standard InChI is InChI=1S/C29H30F3N3O4/c1-18(34-28(37)38-17-19-7-5-4-6-8-19)23-14-13-22(16-33-23)20-9-11-21(12-10-20)25-24(15-30)35(27(36)26(31)32)29(2,3)39-25/h4-14,16,18,24-26H,15,17H2,1-3H3,(H,34,37)/t18?,24-,25-/m1/s1. The summed E-state index contributed by atoms with van der Waals surface area (Å²) in [6.45, 7) is 3.88. The van der Waals surface area contributed by atoms with E-state index in [9.17, 15) is 22.8 Å². The van der Waals surface area contributed by atoms with E-state index in [-0.39, 0.29) is 12.6 Å². The number of alkyl carbamates (subject to hydrolysis) is 1. The third kappa shape index (κ3) is 6.39. The Morgan fingerprint density at radius 1 is 1.05 bits per heavy atom. The normalized spacial score (nSPS) is 19.1. The minimum atomic E-state index is -3.25. The molecule has 1 unspecified atom stereocenters. The van der Waals surface area contributed by atoms with Crippen LogP contribution in [-0.4, -0.2) is 46.8 Å². The number of hydrogen-bond acceptors (Lipinski definition) is 5. The largest absolute Gasteiger partial charge is 0.445 e. The number of aromatic nitrogens is 1. The van der Waals surface area contributed by atoms with Gasteiger partial charge in [-0.2, -0.15) is 8.78 Å². The number of carbonyl (C=O) groups excluding carboxylic acids is 2. The maximum Gasteiger partial charge on any atom is 0.407 e. The quantitative estimate of drug-likeness (QED) is 0.380. The van der Waals surface area contributed by atoms with Crippen LogP contribution in [0.15, 0.2) is 72.9 Å². The Hall–Kier alpha value is -3.92. The Balaban J connectivity index is 1.40. The molecule has 1 aliphatic rings. The molecular formula is C29H30F3N3O4. The smallest absolute Gasteiger partial charge is 0.407 e. The molecule has 7 nitrogen and oxygen atoms in total. The molecule has 0 bridgehead atoms. The van der Waals surface area contributed by atoms with E-state index in [1.165, 1.54) is 13.8 Å². The molecule has 39 heavy (non-hydrogen) atoms. The van der Waals surface area contributed by atoms with E-state index in [1.807, 2.05) is 36.4 Å². The first kappa shape index (κ1) is 28.1. The van der Waals surface area contributed by atoms with Crippen LogP contribution in [0.3, 0.4) is 0 Å². The van der Waals surface area contributed by atoms with Crippen LogP contribution < -0.4 is 5.32 Å². The maximum atomic E-state index is 13.9. The summed E-state index contributed by atoms with van der Waals surface area (Å²) in [5.74, 6) is -1.46. The van der Waals surface area contributed by atoms with Gasteiger partial charge in [0.05, 0.1) is 17.8 Å². The van der Waals surface area contributed by atoms with Crippen LogP contribution >= 0.6 is 0 Å². The highest BCUT2D eigenvalue weighted by Gasteiger charge is 2.52. The Labute approximate surface area is 224 Å². The van der Waals surface area contributed by atoms with Gasteiger partial charge in [-0.25, -0.2) is 9.18 Å². The number of halogens is 3. The first-order valence-corrected chi connectivity index (χ1v) is 12.5. The number of rotatable bonds is 8. The molecule has 206 valence electrons. The molecule has 3 aromatic rings. The topological polar surface area (TPSA) is 80.8 Å². The van der Waals surface area contributed by atoms with Gasteiger partial charge in [-0.15, -0.1) is 0 Å². The molecule has 2 heterocycles. The molecular weight excluding hydrogens is 511 g/mol. The van der Waals surface area contributed by atoms with Gasteiger partial charge >= 0.3 is 12.5 Å². The van der Waals surface area contributed by atoms with Gasteiger partial charge in [0.15, 0.2) is 0 Å².